The summed E-state index contributed by atoms with van der Waals surface area (Å²) in [7, 11) is -3.78. The summed E-state index contributed by atoms with van der Waals surface area (Å²) >= 11 is 0. The van der Waals surface area contributed by atoms with Crippen LogP contribution in [0, 0.1) is 5.92 Å². The van der Waals surface area contributed by atoms with Gasteiger partial charge in [0.15, 0.2) is 0 Å². The van der Waals surface area contributed by atoms with Crippen LogP contribution in [0.3, 0.4) is 0 Å². The van der Waals surface area contributed by atoms with Crippen molar-refractivity contribution in [3.63, 3.8) is 0 Å². The minimum absolute atomic E-state index is 0.0563. The van der Waals surface area contributed by atoms with E-state index < -0.39 is 10.0 Å². The van der Waals surface area contributed by atoms with Gasteiger partial charge >= 0.3 is 6.09 Å². The van der Waals surface area contributed by atoms with Crippen molar-refractivity contribution in [2.45, 2.75) is 25.2 Å². The Morgan fingerprint density at radius 2 is 1.62 bits per heavy atom. The SMILES string of the molecule is CC(C)COC(=O)N1CCCN(C(=O)c2ccc(S(=O)(=O)Nc3ccncc3)cc2)CC1. The first kappa shape index (κ1) is 23.5. The Kier molecular flexibility index (Phi) is 7.68. The molecule has 0 radical (unpaired) electrons. The number of hydrogen-bond acceptors (Lipinski definition) is 6. The van der Waals surface area contributed by atoms with Crippen LogP contribution in [0.4, 0.5) is 10.5 Å². The molecule has 1 aliphatic heterocycles. The maximum Gasteiger partial charge on any atom is 0.409 e. The van der Waals surface area contributed by atoms with Gasteiger partial charge in [0, 0.05) is 44.1 Å². The second-order valence-electron chi connectivity index (χ2n) is 7.97. The van der Waals surface area contributed by atoms with Crippen molar-refractivity contribution in [1.82, 2.24) is 14.8 Å². The van der Waals surface area contributed by atoms with E-state index in [2.05, 4.69) is 9.71 Å². The molecule has 9 nitrogen and oxygen atoms in total. The van der Waals surface area contributed by atoms with E-state index in [0.717, 1.165) is 0 Å². The van der Waals surface area contributed by atoms with Gasteiger partial charge in [-0.25, -0.2) is 13.2 Å². The van der Waals surface area contributed by atoms with Crippen LogP contribution < -0.4 is 4.72 Å². The van der Waals surface area contributed by atoms with Crippen molar-refractivity contribution in [2.24, 2.45) is 5.92 Å². The number of nitrogens with zero attached hydrogens (tertiary/aromatic N) is 3. The summed E-state index contributed by atoms with van der Waals surface area (Å²) in [5.74, 6) is 0.0594. The summed E-state index contributed by atoms with van der Waals surface area (Å²) in [6, 6.07) is 8.92. The first-order chi connectivity index (χ1) is 15.3. The fourth-order valence-corrected chi connectivity index (χ4v) is 4.28. The number of benzene rings is 1. The lowest BCUT2D eigenvalue weighted by Crippen LogP contribution is -2.38. The van der Waals surface area contributed by atoms with E-state index in [-0.39, 0.29) is 22.8 Å². The minimum atomic E-state index is -3.78. The zero-order chi connectivity index (χ0) is 23.1. The number of carbonyl (C=O) groups is 2. The van der Waals surface area contributed by atoms with E-state index in [4.69, 9.17) is 4.74 Å². The molecule has 1 saturated heterocycles. The molecule has 172 valence electrons. The second kappa shape index (κ2) is 10.4. The number of nitrogens with one attached hydrogen (secondary N) is 1. The number of rotatable bonds is 6. The molecule has 0 unspecified atom stereocenters. The Bertz CT molecular complexity index is 1030. The van der Waals surface area contributed by atoms with Crippen molar-refractivity contribution in [1.29, 1.82) is 0 Å². The molecule has 10 heteroatoms. The second-order valence-corrected chi connectivity index (χ2v) is 9.65. The summed E-state index contributed by atoms with van der Waals surface area (Å²) < 4.78 is 32.9. The predicted octanol–water partition coefficient (Wildman–Crippen LogP) is 2.82. The van der Waals surface area contributed by atoms with E-state index in [9.17, 15) is 18.0 Å². The molecule has 32 heavy (non-hydrogen) atoms. The fourth-order valence-electron chi connectivity index (χ4n) is 3.23. The van der Waals surface area contributed by atoms with Crippen LogP contribution in [0.2, 0.25) is 0 Å². The molecule has 1 fully saturated rings. The van der Waals surface area contributed by atoms with Crippen LogP contribution in [0.1, 0.15) is 30.6 Å². The highest BCUT2D eigenvalue weighted by Crippen LogP contribution is 2.17. The van der Waals surface area contributed by atoms with Gasteiger partial charge < -0.3 is 14.5 Å². The molecular weight excluding hydrogens is 432 g/mol. The maximum atomic E-state index is 12.9. The Morgan fingerprint density at radius 3 is 2.28 bits per heavy atom. The average molecular weight is 461 g/mol. The summed E-state index contributed by atoms with van der Waals surface area (Å²) in [5, 5.41) is 0. The van der Waals surface area contributed by atoms with E-state index in [0.29, 0.717) is 50.5 Å². The third-order valence-corrected chi connectivity index (χ3v) is 6.32. The normalized spacial score (nSPS) is 14.7. The van der Waals surface area contributed by atoms with E-state index in [1.54, 1.807) is 21.9 Å². The zero-order valence-electron chi connectivity index (χ0n) is 18.2. The molecule has 0 atom stereocenters. The lowest BCUT2D eigenvalue weighted by atomic mass is 10.2. The first-order valence-electron chi connectivity index (χ1n) is 10.5. The number of anilines is 1. The number of pyridine rings is 1. The topological polar surface area (TPSA) is 109 Å². The van der Waals surface area contributed by atoms with Crippen molar-refractivity contribution < 1.29 is 22.7 Å². The molecule has 1 N–H and O–H groups in total. The summed E-state index contributed by atoms with van der Waals surface area (Å²) in [6.07, 6.45) is 3.27. The Hall–Kier alpha value is -3.14. The molecule has 1 aromatic carbocycles. The van der Waals surface area contributed by atoms with Gasteiger partial charge in [-0.3, -0.25) is 14.5 Å². The van der Waals surface area contributed by atoms with E-state index in [1.807, 2.05) is 13.8 Å². The van der Waals surface area contributed by atoms with Gasteiger partial charge in [-0.1, -0.05) is 13.8 Å². The maximum absolute atomic E-state index is 12.9. The molecule has 2 aromatic rings. The van der Waals surface area contributed by atoms with Crippen LogP contribution in [0.5, 0.6) is 0 Å². The van der Waals surface area contributed by atoms with Gasteiger partial charge in [0.2, 0.25) is 0 Å². The molecule has 3 rings (SSSR count). The van der Waals surface area contributed by atoms with Crippen molar-refractivity contribution in [3.05, 3.63) is 54.4 Å². The fraction of sp³-hybridized carbons (Fsp3) is 0.409. The Balaban J connectivity index is 1.61. The molecule has 0 bridgehead atoms. The Labute approximate surface area is 188 Å². The smallest absolute Gasteiger partial charge is 0.409 e. The van der Waals surface area contributed by atoms with Crippen molar-refractivity contribution in [3.8, 4) is 0 Å². The molecule has 0 aliphatic carbocycles. The lowest BCUT2D eigenvalue weighted by Gasteiger charge is -2.22. The van der Waals surface area contributed by atoms with Crippen molar-refractivity contribution >= 4 is 27.7 Å². The zero-order valence-corrected chi connectivity index (χ0v) is 19.0. The highest BCUT2D eigenvalue weighted by atomic mass is 32.2. The molecule has 2 heterocycles. The van der Waals surface area contributed by atoms with Gasteiger partial charge in [-0.05, 0) is 48.7 Å². The first-order valence-corrected chi connectivity index (χ1v) is 12.0. The van der Waals surface area contributed by atoms with Gasteiger partial charge in [0.25, 0.3) is 15.9 Å². The summed E-state index contributed by atoms with van der Waals surface area (Å²) in [5.41, 5.74) is 0.796. The van der Waals surface area contributed by atoms with Gasteiger partial charge in [-0.15, -0.1) is 0 Å². The molecule has 1 aromatic heterocycles. The number of hydrogen-bond donors (Lipinski definition) is 1. The largest absolute Gasteiger partial charge is 0.449 e. The van der Waals surface area contributed by atoms with Crippen LogP contribution in [-0.4, -0.2) is 68.0 Å². The summed E-state index contributed by atoms with van der Waals surface area (Å²) in [4.78, 5) is 32.3. The molecule has 1 aliphatic rings. The standard InChI is InChI=1S/C22H28N4O5S/c1-17(2)16-31-22(28)26-13-3-12-25(14-15-26)21(27)18-4-6-20(7-5-18)32(29,30)24-19-8-10-23-11-9-19/h4-11,17H,3,12-16H2,1-2H3,(H,23,24). The minimum Gasteiger partial charge on any atom is -0.449 e. The quantitative estimate of drug-likeness (QED) is 0.710. The molecule has 0 saturated carbocycles. The van der Waals surface area contributed by atoms with Crippen LogP contribution in [0.15, 0.2) is 53.7 Å². The third kappa shape index (κ3) is 6.19. The monoisotopic (exact) mass is 460 g/mol. The Morgan fingerprint density at radius 1 is 1.00 bits per heavy atom. The predicted molar refractivity (Wildman–Crippen MR) is 120 cm³/mol. The van der Waals surface area contributed by atoms with Crippen molar-refractivity contribution in [2.75, 3.05) is 37.5 Å². The molecule has 2 amide bonds. The molecular formula is C22H28N4O5S. The number of ether oxygens (including phenoxy) is 1. The highest BCUT2D eigenvalue weighted by Gasteiger charge is 2.24. The number of sulfonamides is 1. The van der Waals surface area contributed by atoms with E-state index >= 15 is 0 Å². The summed E-state index contributed by atoms with van der Waals surface area (Å²) in [6.45, 7) is 6.13. The highest BCUT2D eigenvalue weighted by molar-refractivity contribution is 7.92. The lowest BCUT2D eigenvalue weighted by molar-refractivity contribution is 0.0746. The number of carbonyl (C=O) groups excluding carboxylic acids is 2. The van der Waals surface area contributed by atoms with Gasteiger partial charge in [0.05, 0.1) is 17.2 Å². The molecule has 0 spiro atoms. The number of aromatic nitrogens is 1. The van der Waals surface area contributed by atoms with Crippen LogP contribution >= 0.6 is 0 Å². The van der Waals surface area contributed by atoms with Crippen LogP contribution in [0.25, 0.3) is 0 Å². The number of amides is 2. The third-order valence-electron chi connectivity index (χ3n) is 4.93. The van der Waals surface area contributed by atoms with E-state index in [1.165, 1.54) is 36.7 Å². The van der Waals surface area contributed by atoms with Crippen LogP contribution in [-0.2, 0) is 14.8 Å². The van der Waals surface area contributed by atoms with Gasteiger partial charge in [0.1, 0.15) is 0 Å². The van der Waals surface area contributed by atoms with Gasteiger partial charge in [-0.2, -0.15) is 0 Å². The average Bonchev–Trinajstić information content (AvgIpc) is 3.04.